The van der Waals surface area contributed by atoms with Crippen molar-refractivity contribution < 1.29 is 11.0 Å². The van der Waals surface area contributed by atoms with Crippen molar-refractivity contribution in [3.05, 3.63) is 11.1 Å². The van der Waals surface area contributed by atoms with E-state index in [1.165, 1.54) is 0 Å². The second kappa shape index (κ2) is 6.63. The average molecular weight is 338 g/mol. The highest BCUT2D eigenvalue weighted by molar-refractivity contribution is 8.04. The molecular weight excluding hydrogens is 316 g/mol. The minimum atomic E-state index is 0. The van der Waals surface area contributed by atoms with Gasteiger partial charge in [-0.2, -0.15) is 5.10 Å². The minimum absolute atomic E-state index is 0. The lowest BCUT2D eigenvalue weighted by molar-refractivity contribution is -0.130. The number of hydrogen-bond acceptors (Lipinski definition) is 7. The van der Waals surface area contributed by atoms with Gasteiger partial charge in [0.05, 0.1) is 18.1 Å². The van der Waals surface area contributed by atoms with E-state index in [2.05, 4.69) is 16.8 Å². The number of aromatic nitrogens is 2. The minimum Gasteiger partial charge on any atom is -0.393 e. The Balaban J connectivity index is 0.00000208. The molecule has 23 heavy (non-hydrogen) atoms. The number of carbonyl (C=O) groups excluding carboxylic acids is 1. The van der Waals surface area contributed by atoms with Crippen molar-refractivity contribution >= 4 is 41.7 Å². The Labute approximate surface area is 140 Å². The highest BCUT2D eigenvalue weighted by Gasteiger charge is 2.26. The van der Waals surface area contributed by atoms with Crippen LogP contribution in [0.5, 0.6) is 0 Å². The first kappa shape index (κ1) is 15.9. The van der Waals surface area contributed by atoms with Gasteiger partial charge in [0.15, 0.2) is 11.6 Å². The maximum atomic E-state index is 12.6. The lowest BCUT2D eigenvalue weighted by Crippen LogP contribution is -2.42. The first-order valence-electron chi connectivity index (χ1n) is 7.39. The van der Waals surface area contributed by atoms with Crippen LogP contribution in [0, 0.1) is 0 Å². The normalized spacial score (nSPS) is 18.7. The molecule has 1 aromatic rings. The molecule has 2 N–H and O–H groups in total. The fraction of sp³-hybridized carbons (Fsp3) is 0.500. The number of rotatable bonds is 3. The molecule has 0 aliphatic carbocycles. The summed E-state index contributed by atoms with van der Waals surface area (Å²) in [6, 6.07) is 0. The molecule has 126 valence electrons. The van der Waals surface area contributed by atoms with Crippen LogP contribution < -0.4 is 10.6 Å². The van der Waals surface area contributed by atoms with E-state index in [0.717, 1.165) is 12.3 Å². The maximum absolute atomic E-state index is 12.6. The summed E-state index contributed by atoms with van der Waals surface area (Å²) in [4.78, 5) is 20.9. The van der Waals surface area contributed by atoms with Gasteiger partial charge in [0.25, 0.3) is 5.91 Å². The summed E-state index contributed by atoms with van der Waals surface area (Å²) in [7, 11) is 1.77. The van der Waals surface area contributed by atoms with Crippen molar-refractivity contribution in [1.82, 2.24) is 14.7 Å². The molecule has 3 heterocycles. The molecule has 1 aromatic heterocycles. The van der Waals surface area contributed by atoms with Gasteiger partial charge >= 0.3 is 0 Å². The molecule has 2 aliphatic rings. The number of carbonyl (C=O) groups is 1. The predicted molar refractivity (Wildman–Crippen MR) is 94.2 cm³/mol. The fourth-order valence-corrected chi connectivity index (χ4v) is 3.58. The highest BCUT2D eigenvalue weighted by Crippen LogP contribution is 2.34. The summed E-state index contributed by atoms with van der Waals surface area (Å²) in [6.07, 6.45) is 1.83. The van der Waals surface area contributed by atoms with E-state index in [-0.39, 0.29) is 7.33 Å². The van der Waals surface area contributed by atoms with Gasteiger partial charge in [0.2, 0.25) is 0 Å². The third-order valence-electron chi connectivity index (χ3n) is 3.83. The predicted octanol–water partition coefficient (Wildman–Crippen LogP) is 0.834. The number of hydrogen-bond donors (Lipinski definition) is 1. The summed E-state index contributed by atoms with van der Waals surface area (Å²) in [5.41, 5.74) is 6.58. The molecule has 1 saturated heterocycles. The van der Waals surface area contributed by atoms with Crippen LogP contribution in [-0.4, -0.2) is 65.9 Å². The van der Waals surface area contributed by atoms with Gasteiger partial charge in [-0.1, -0.05) is 0 Å². The van der Waals surface area contributed by atoms with Gasteiger partial charge in [-0.05, 0) is 6.72 Å². The first-order chi connectivity index (χ1) is 11.1. The zero-order valence-electron chi connectivity index (χ0n) is 13.1. The van der Waals surface area contributed by atoms with Gasteiger partial charge in [0, 0.05) is 40.1 Å². The lowest BCUT2D eigenvalue weighted by Gasteiger charge is -2.30. The van der Waals surface area contributed by atoms with E-state index in [0.29, 0.717) is 48.5 Å². The molecule has 0 atom stereocenters. The van der Waals surface area contributed by atoms with Gasteiger partial charge in [-0.3, -0.25) is 4.79 Å². The second-order valence-corrected chi connectivity index (χ2v) is 6.42. The number of amides is 1. The number of ether oxygens (including phenoxy) is 1. The van der Waals surface area contributed by atoms with E-state index >= 15 is 0 Å². The molecule has 0 radical (unpaired) electrons. The standard InChI is InChI=1S/C14H20N6O2S.H2/c1-16-12-11(15)13(17-18(12)2)20-5-8-23-10(9-20)14(21)19-3-6-22-7-4-19;/h9H,1,3-8,15H2,2H3;1H. The molecule has 2 aliphatic heterocycles. The topological polar surface area (TPSA) is 89.0 Å². The Morgan fingerprint density at radius 3 is 2.87 bits per heavy atom. The van der Waals surface area contributed by atoms with E-state index in [4.69, 9.17) is 10.5 Å². The van der Waals surface area contributed by atoms with Crippen molar-refractivity contribution in [2.24, 2.45) is 12.0 Å². The summed E-state index contributed by atoms with van der Waals surface area (Å²) in [5.74, 6) is 1.99. The van der Waals surface area contributed by atoms with Crippen LogP contribution >= 0.6 is 11.8 Å². The number of nitrogen functional groups attached to an aromatic ring is 1. The lowest BCUT2D eigenvalue weighted by atomic mass is 10.3. The van der Waals surface area contributed by atoms with Crippen LogP contribution in [0.2, 0.25) is 0 Å². The zero-order valence-corrected chi connectivity index (χ0v) is 13.9. The molecule has 0 aromatic carbocycles. The van der Waals surface area contributed by atoms with E-state index in [1.807, 2.05) is 16.0 Å². The number of nitrogens with two attached hydrogens (primary N) is 1. The van der Waals surface area contributed by atoms with Crippen molar-refractivity contribution in [3.8, 4) is 0 Å². The maximum Gasteiger partial charge on any atom is 0.261 e. The third-order valence-corrected chi connectivity index (χ3v) is 4.80. The SMILES string of the molecule is C=Nc1c(N)c(N2C=C(C(=O)N3CCOCC3)SCC2)nn1C.[HH]. The van der Waals surface area contributed by atoms with Gasteiger partial charge in [0.1, 0.15) is 5.69 Å². The largest absolute Gasteiger partial charge is 0.393 e. The Morgan fingerprint density at radius 2 is 2.22 bits per heavy atom. The van der Waals surface area contributed by atoms with Crippen molar-refractivity contribution in [2.45, 2.75) is 0 Å². The highest BCUT2D eigenvalue weighted by atomic mass is 32.2. The number of morpholine rings is 1. The quantitative estimate of drug-likeness (QED) is 0.821. The summed E-state index contributed by atoms with van der Waals surface area (Å²) in [6.45, 7) is 6.70. The van der Waals surface area contributed by atoms with Crippen LogP contribution in [0.1, 0.15) is 1.43 Å². The smallest absolute Gasteiger partial charge is 0.261 e. The Hall–Kier alpha value is -2.00. The van der Waals surface area contributed by atoms with Crippen LogP contribution in [-0.2, 0) is 16.6 Å². The molecule has 1 fully saturated rings. The molecular formula is C14H22N6O2S. The number of anilines is 2. The van der Waals surface area contributed by atoms with E-state index < -0.39 is 0 Å². The Morgan fingerprint density at radius 1 is 1.48 bits per heavy atom. The fourth-order valence-electron chi connectivity index (χ4n) is 2.62. The zero-order chi connectivity index (χ0) is 16.4. The van der Waals surface area contributed by atoms with Crippen molar-refractivity contribution in [3.63, 3.8) is 0 Å². The summed E-state index contributed by atoms with van der Waals surface area (Å²) in [5, 5.41) is 4.40. The van der Waals surface area contributed by atoms with E-state index in [1.54, 1.807) is 23.5 Å². The number of thioether (sulfide) groups is 1. The van der Waals surface area contributed by atoms with Crippen molar-refractivity contribution in [1.29, 1.82) is 0 Å². The molecule has 0 bridgehead atoms. The molecule has 8 nitrogen and oxygen atoms in total. The summed E-state index contributed by atoms with van der Waals surface area (Å²) < 4.78 is 6.89. The van der Waals surface area contributed by atoms with Crippen LogP contribution in [0.4, 0.5) is 17.3 Å². The Bertz CT molecular complexity index is 656. The number of aryl methyl sites for hydroxylation is 1. The molecule has 1 amide bonds. The van der Waals surface area contributed by atoms with Gasteiger partial charge < -0.3 is 20.3 Å². The number of nitrogens with zero attached hydrogens (tertiary/aromatic N) is 5. The first-order valence-corrected chi connectivity index (χ1v) is 8.38. The average Bonchev–Trinajstić information content (AvgIpc) is 2.89. The van der Waals surface area contributed by atoms with Crippen LogP contribution in [0.25, 0.3) is 0 Å². The third kappa shape index (κ3) is 3.06. The molecule has 0 saturated carbocycles. The van der Waals surface area contributed by atoms with E-state index in [9.17, 15) is 4.79 Å². The summed E-state index contributed by atoms with van der Waals surface area (Å²) >= 11 is 1.56. The second-order valence-electron chi connectivity index (χ2n) is 5.28. The molecule has 9 heteroatoms. The monoisotopic (exact) mass is 338 g/mol. The molecule has 0 spiro atoms. The van der Waals surface area contributed by atoms with Crippen molar-refractivity contribution in [2.75, 3.05) is 49.2 Å². The van der Waals surface area contributed by atoms with Gasteiger partial charge in [-0.15, -0.1) is 11.8 Å². The van der Waals surface area contributed by atoms with Crippen LogP contribution in [0.15, 0.2) is 16.1 Å². The Kier molecular flexibility index (Phi) is 4.58. The number of aliphatic imine (C=N–C) groups is 1. The van der Waals surface area contributed by atoms with Crippen LogP contribution in [0.3, 0.4) is 0 Å². The molecule has 3 rings (SSSR count). The molecule has 0 unspecified atom stereocenters. The van der Waals surface area contributed by atoms with Gasteiger partial charge in [-0.25, -0.2) is 9.67 Å².